The Hall–Kier alpha value is -0.880. The van der Waals surface area contributed by atoms with Crippen LogP contribution < -0.4 is 0 Å². The van der Waals surface area contributed by atoms with Crippen LogP contribution in [0.1, 0.15) is 37.6 Å². The van der Waals surface area contributed by atoms with E-state index in [1.807, 2.05) is 24.6 Å². The van der Waals surface area contributed by atoms with Gasteiger partial charge in [-0.05, 0) is 32.8 Å². The zero-order chi connectivity index (χ0) is 14.0. The standard InChI is InChI=1S/C13H22N2O3S/c1-3-15-11(8-10(2)14-15)9-12(16)13-6-4-5-7-19(13,17)18/h8,12-13,16H,3-7,9H2,1-2H3. The lowest BCUT2D eigenvalue weighted by Gasteiger charge is -2.26. The van der Waals surface area contributed by atoms with Crippen LogP contribution in [0.2, 0.25) is 0 Å². The number of hydrogen-bond acceptors (Lipinski definition) is 4. The Bertz CT molecular complexity index is 536. The summed E-state index contributed by atoms with van der Waals surface area (Å²) in [5.41, 5.74) is 1.81. The van der Waals surface area contributed by atoms with Gasteiger partial charge in [-0.1, -0.05) is 6.42 Å². The molecule has 0 saturated carbocycles. The lowest BCUT2D eigenvalue weighted by molar-refractivity contribution is 0.159. The van der Waals surface area contributed by atoms with E-state index in [1.165, 1.54) is 0 Å². The van der Waals surface area contributed by atoms with E-state index in [2.05, 4.69) is 5.10 Å². The summed E-state index contributed by atoms with van der Waals surface area (Å²) in [5, 5.41) is 14.0. The van der Waals surface area contributed by atoms with E-state index in [0.29, 0.717) is 12.8 Å². The van der Waals surface area contributed by atoms with Crippen molar-refractivity contribution in [2.24, 2.45) is 0 Å². The van der Waals surface area contributed by atoms with Crippen LogP contribution in [0.3, 0.4) is 0 Å². The predicted octanol–water partition coefficient (Wildman–Crippen LogP) is 1.08. The van der Waals surface area contributed by atoms with Gasteiger partial charge in [0.2, 0.25) is 0 Å². The van der Waals surface area contributed by atoms with Crippen LogP contribution in [-0.2, 0) is 22.8 Å². The van der Waals surface area contributed by atoms with Gasteiger partial charge in [0, 0.05) is 18.7 Å². The van der Waals surface area contributed by atoms with Gasteiger partial charge in [-0.2, -0.15) is 5.10 Å². The molecule has 0 aromatic carbocycles. The molecule has 1 saturated heterocycles. The molecule has 1 fully saturated rings. The highest BCUT2D eigenvalue weighted by Gasteiger charge is 2.35. The molecule has 2 rings (SSSR count). The van der Waals surface area contributed by atoms with E-state index < -0.39 is 21.2 Å². The summed E-state index contributed by atoms with van der Waals surface area (Å²) in [6.07, 6.45) is 1.71. The van der Waals surface area contributed by atoms with Crippen molar-refractivity contribution < 1.29 is 13.5 Å². The molecule has 2 heterocycles. The maximum atomic E-state index is 12.0. The second-order valence-electron chi connectivity index (χ2n) is 5.27. The molecular formula is C13H22N2O3S. The molecule has 0 spiro atoms. The molecule has 1 aliphatic heterocycles. The van der Waals surface area contributed by atoms with Crippen LogP contribution in [0.5, 0.6) is 0 Å². The number of aryl methyl sites for hydroxylation is 2. The molecule has 1 N–H and O–H groups in total. The third-order valence-corrected chi connectivity index (χ3v) is 6.09. The molecule has 1 aliphatic rings. The minimum Gasteiger partial charge on any atom is -0.391 e. The zero-order valence-corrected chi connectivity index (χ0v) is 12.4. The Kier molecular flexibility index (Phi) is 4.30. The van der Waals surface area contributed by atoms with Gasteiger partial charge in [0.05, 0.1) is 22.8 Å². The third kappa shape index (κ3) is 3.17. The fourth-order valence-corrected chi connectivity index (χ4v) is 4.80. The zero-order valence-electron chi connectivity index (χ0n) is 11.5. The van der Waals surface area contributed by atoms with Gasteiger partial charge in [-0.15, -0.1) is 0 Å². The van der Waals surface area contributed by atoms with Crippen molar-refractivity contribution in [2.45, 2.75) is 57.4 Å². The maximum absolute atomic E-state index is 12.0. The highest BCUT2D eigenvalue weighted by molar-refractivity contribution is 7.92. The topological polar surface area (TPSA) is 72.2 Å². The van der Waals surface area contributed by atoms with Gasteiger partial charge in [-0.25, -0.2) is 8.42 Å². The summed E-state index contributed by atoms with van der Waals surface area (Å²) < 4.78 is 25.8. The smallest absolute Gasteiger partial charge is 0.155 e. The fourth-order valence-electron chi connectivity index (χ4n) is 2.79. The van der Waals surface area contributed by atoms with E-state index in [4.69, 9.17) is 0 Å². The van der Waals surface area contributed by atoms with Crippen molar-refractivity contribution in [3.8, 4) is 0 Å². The monoisotopic (exact) mass is 286 g/mol. The lowest BCUT2D eigenvalue weighted by Crippen LogP contribution is -2.39. The molecule has 0 radical (unpaired) electrons. The summed E-state index contributed by atoms with van der Waals surface area (Å²) in [6, 6.07) is 1.92. The normalized spacial score (nSPS) is 24.3. The highest BCUT2D eigenvalue weighted by Crippen LogP contribution is 2.24. The van der Waals surface area contributed by atoms with Crippen LogP contribution in [0, 0.1) is 6.92 Å². The molecule has 5 nitrogen and oxygen atoms in total. The lowest BCUT2D eigenvalue weighted by atomic mass is 10.0. The van der Waals surface area contributed by atoms with Gasteiger partial charge in [-0.3, -0.25) is 4.68 Å². The molecule has 0 amide bonds. The molecule has 1 aromatic rings. The Morgan fingerprint density at radius 1 is 1.53 bits per heavy atom. The van der Waals surface area contributed by atoms with Crippen LogP contribution >= 0.6 is 0 Å². The van der Waals surface area contributed by atoms with Crippen LogP contribution in [0.25, 0.3) is 0 Å². The summed E-state index contributed by atoms with van der Waals surface area (Å²) in [6.45, 7) is 4.62. The Labute approximate surface area is 114 Å². The Morgan fingerprint density at radius 3 is 2.89 bits per heavy atom. The number of aromatic nitrogens is 2. The largest absolute Gasteiger partial charge is 0.391 e. The minimum absolute atomic E-state index is 0.209. The fraction of sp³-hybridized carbons (Fsp3) is 0.769. The molecule has 2 unspecified atom stereocenters. The second-order valence-corrected chi connectivity index (χ2v) is 7.60. The average Bonchev–Trinajstić information content (AvgIpc) is 2.68. The number of aliphatic hydroxyl groups excluding tert-OH is 1. The van der Waals surface area contributed by atoms with Crippen LogP contribution in [-0.4, -0.2) is 40.4 Å². The minimum atomic E-state index is -3.14. The molecule has 1 aromatic heterocycles. The molecule has 0 bridgehead atoms. The van der Waals surface area contributed by atoms with E-state index in [9.17, 15) is 13.5 Å². The van der Waals surface area contributed by atoms with Gasteiger partial charge in [0.15, 0.2) is 9.84 Å². The number of rotatable bonds is 4. The number of nitrogens with zero attached hydrogens (tertiary/aromatic N) is 2. The quantitative estimate of drug-likeness (QED) is 0.899. The maximum Gasteiger partial charge on any atom is 0.155 e. The van der Waals surface area contributed by atoms with Gasteiger partial charge in [0.1, 0.15) is 0 Å². The molecular weight excluding hydrogens is 264 g/mol. The second kappa shape index (κ2) is 5.63. The van der Waals surface area contributed by atoms with Gasteiger partial charge in [0.25, 0.3) is 0 Å². The Balaban J connectivity index is 2.14. The van der Waals surface area contributed by atoms with Crippen molar-refractivity contribution in [1.29, 1.82) is 0 Å². The van der Waals surface area contributed by atoms with Gasteiger partial charge >= 0.3 is 0 Å². The first kappa shape index (κ1) is 14.5. The average molecular weight is 286 g/mol. The molecule has 0 aliphatic carbocycles. The summed E-state index contributed by atoms with van der Waals surface area (Å²) in [5.74, 6) is 0.209. The summed E-state index contributed by atoms with van der Waals surface area (Å²) in [7, 11) is -3.14. The van der Waals surface area contributed by atoms with Crippen LogP contribution in [0.4, 0.5) is 0 Å². The van der Waals surface area contributed by atoms with E-state index in [0.717, 1.165) is 30.8 Å². The van der Waals surface area contributed by atoms with Crippen molar-refractivity contribution in [3.63, 3.8) is 0 Å². The molecule has 6 heteroatoms. The van der Waals surface area contributed by atoms with E-state index in [-0.39, 0.29) is 5.75 Å². The van der Waals surface area contributed by atoms with Crippen molar-refractivity contribution in [1.82, 2.24) is 9.78 Å². The molecule has 108 valence electrons. The first-order valence-corrected chi connectivity index (χ1v) is 8.58. The van der Waals surface area contributed by atoms with E-state index in [1.54, 1.807) is 0 Å². The third-order valence-electron chi connectivity index (χ3n) is 3.76. The Morgan fingerprint density at radius 2 is 2.26 bits per heavy atom. The van der Waals surface area contributed by atoms with Gasteiger partial charge < -0.3 is 5.11 Å². The highest BCUT2D eigenvalue weighted by atomic mass is 32.2. The summed E-state index contributed by atoms with van der Waals surface area (Å²) >= 11 is 0. The first-order valence-electron chi connectivity index (χ1n) is 6.87. The van der Waals surface area contributed by atoms with Crippen LogP contribution in [0.15, 0.2) is 6.07 Å². The molecule has 19 heavy (non-hydrogen) atoms. The predicted molar refractivity (Wildman–Crippen MR) is 73.8 cm³/mol. The summed E-state index contributed by atoms with van der Waals surface area (Å²) in [4.78, 5) is 0. The van der Waals surface area contributed by atoms with Crippen molar-refractivity contribution >= 4 is 9.84 Å². The number of hydrogen-bond donors (Lipinski definition) is 1. The van der Waals surface area contributed by atoms with Crippen molar-refractivity contribution in [3.05, 3.63) is 17.5 Å². The number of aliphatic hydroxyl groups is 1. The first-order chi connectivity index (χ1) is 8.94. The van der Waals surface area contributed by atoms with E-state index >= 15 is 0 Å². The number of sulfone groups is 1. The molecule has 2 atom stereocenters. The van der Waals surface area contributed by atoms with Crippen molar-refractivity contribution in [2.75, 3.05) is 5.75 Å². The SMILES string of the molecule is CCn1nc(C)cc1CC(O)C1CCCCS1(=O)=O.